The van der Waals surface area contributed by atoms with Crippen LogP contribution in [0.25, 0.3) is 0 Å². The van der Waals surface area contributed by atoms with E-state index >= 15 is 0 Å². The molecule has 0 spiro atoms. The van der Waals surface area contributed by atoms with Crippen molar-refractivity contribution in [3.63, 3.8) is 0 Å². The predicted octanol–water partition coefficient (Wildman–Crippen LogP) is 1.61. The van der Waals surface area contributed by atoms with E-state index in [1.165, 1.54) is 10.4 Å². The van der Waals surface area contributed by atoms with Crippen LogP contribution in [0.5, 0.6) is 5.75 Å². The van der Waals surface area contributed by atoms with Crippen molar-refractivity contribution >= 4 is 15.7 Å². The third-order valence-corrected chi connectivity index (χ3v) is 5.61. The second-order valence-corrected chi connectivity index (χ2v) is 7.15. The van der Waals surface area contributed by atoms with Crippen LogP contribution in [0.1, 0.15) is 25.3 Å². The number of nitrogens with zero attached hydrogens (tertiary/aromatic N) is 1. The highest BCUT2D eigenvalue weighted by molar-refractivity contribution is 7.92. The first kappa shape index (κ1) is 15.1. The minimum Gasteiger partial charge on any atom is -0.508 e. The van der Waals surface area contributed by atoms with Crippen molar-refractivity contribution in [1.82, 2.24) is 5.32 Å². The van der Waals surface area contributed by atoms with Crippen LogP contribution in [0.15, 0.2) is 18.2 Å². The van der Waals surface area contributed by atoms with Crippen molar-refractivity contribution in [3.05, 3.63) is 23.8 Å². The Morgan fingerprint density at radius 2 is 2.20 bits per heavy atom. The number of sulfonamides is 1. The van der Waals surface area contributed by atoms with Crippen LogP contribution in [0.4, 0.5) is 5.69 Å². The first-order chi connectivity index (χ1) is 9.44. The van der Waals surface area contributed by atoms with Gasteiger partial charge in [-0.25, -0.2) is 8.42 Å². The van der Waals surface area contributed by atoms with Gasteiger partial charge in [0.2, 0.25) is 10.0 Å². The second kappa shape index (κ2) is 6.01. The van der Waals surface area contributed by atoms with Gasteiger partial charge in [0.25, 0.3) is 0 Å². The third kappa shape index (κ3) is 3.24. The number of anilines is 1. The normalized spacial score (nSPS) is 19.2. The number of aromatic hydroxyl groups is 1. The fourth-order valence-electron chi connectivity index (χ4n) is 2.63. The van der Waals surface area contributed by atoms with Crippen LogP contribution in [-0.4, -0.2) is 38.4 Å². The van der Waals surface area contributed by atoms with Crippen LogP contribution in [-0.2, 0) is 10.0 Å². The highest BCUT2D eigenvalue weighted by atomic mass is 32.2. The molecule has 0 aliphatic carbocycles. The molecule has 1 aromatic carbocycles. The van der Waals surface area contributed by atoms with Crippen LogP contribution in [0, 0.1) is 6.92 Å². The summed E-state index contributed by atoms with van der Waals surface area (Å²) in [6.07, 6.45) is 1.92. The zero-order valence-corrected chi connectivity index (χ0v) is 12.8. The van der Waals surface area contributed by atoms with Gasteiger partial charge in [-0.15, -0.1) is 0 Å². The van der Waals surface area contributed by atoms with E-state index in [4.69, 9.17) is 0 Å². The van der Waals surface area contributed by atoms with Gasteiger partial charge in [0.1, 0.15) is 5.75 Å². The van der Waals surface area contributed by atoms with Crippen molar-refractivity contribution < 1.29 is 13.5 Å². The topological polar surface area (TPSA) is 69.6 Å². The summed E-state index contributed by atoms with van der Waals surface area (Å²) in [4.78, 5) is 0. The number of hydrogen-bond acceptors (Lipinski definition) is 4. The molecule has 1 fully saturated rings. The number of hydrogen-bond donors (Lipinski definition) is 2. The smallest absolute Gasteiger partial charge is 0.236 e. The zero-order valence-electron chi connectivity index (χ0n) is 12.0. The number of nitrogens with one attached hydrogen (secondary N) is 1. The van der Waals surface area contributed by atoms with Gasteiger partial charge >= 0.3 is 0 Å². The molecule has 1 unspecified atom stereocenters. The molecule has 20 heavy (non-hydrogen) atoms. The Kier molecular flexibility index (Phi) is 4.55. The maximum Gasteiger partial charge on any atom is 0.236 e. The summed E-state index contributed by atoms with van der Waals surface area (Å²) >= 11 is 0. The Bertz CT molecular complexity index is 566. The van der Waals surface area contributed by atoms with Gasteiger partial charge in [-0.3, -0.25) is 4.31 Å². The fourth-order valence-corrected chi connectivity index (χ4v) is 4.49. The van der Waals surface area contributed by atoms with Crippen molar-refractivity contribution in [3.8, 4) is 5.75 Å². The highest BCUT2D eigenvalue weighted by Gasteiger charge is 2.28. The Morgan fingerprint density at radius 3 is 2.80 bits per heavy atom. The lowest BCUT2D eigenvalue weighted by molar-refractivity contribution is 0.475. The first-order valence-corrected chi connectivity index (χ1v) is 8.58. The molecule has 1 aliphatic rings. The van der Waals surface area contributed by atoms with Gasteiger partial charge in [0.15, 0.2) is 0 Å². The zero-order chi connectivity index (χ0) is 14.8. The van der Waals surface area contributed by atoms with Gasteiger partial charge in [0.05, 0.1) is 11.4 Å². The SMILES string of the molecule is CCN(c1cc(O)ccc1C)S(=O)(=O)CC1CCCN1. The molecule has 1 atom stereocenters. The summed E-state index contributed by atoms with van der Waals surface area (Å²) in [6.45, 7) is 4.90. The van der Waals surface area contributed by atoms with Crippen LogP contribution < -0.4 is 9.62 Å². The molecule has 1 heterocycles. The van der Waals surface area contributed by atoms with Crippen LogP contribution in [0.2, 0.25) is 0 Å². The average Bonchev–Trinajstić information content (AvgIpc) is 2.86. The summed E-state index contributed by atoms with van der Waals surface area (Å²) < 4.78 is 26.6. The van der Waals surface area contributed by atoms with Gasteiger partial charge in [-0.1, -0.05) is 6.07 Å². The molecule has 1 aromatic rings. The van der Waals surface area contributed by atoms with Crippen molar-refractivity contribution in [1.29, 1.82) is 0 Å². The number of rotatable bonds is 5. The molecule has 5 nitrogen and oxygen atoms in total. The molecule has 0 bridgehead atoms. The van der Waals surface area contributed by atoms with E-state index in [2.05, 4.69) is 5.32 Å². The summed E-state index contributed by atoms with van der Waals surface area (Å²) in [5, 5.41) is 12.8. The molecule has 6 heteroatoms. The van der Waals surface area contributed by atoms with Crippen molar-refractivity contribution in [2.75, 3.05) is 23.1 Å². The first-order valence-electron chi connectivity index (χ1n) is 6.97. The standard InChI is InChI=1S/C14H22N2O3S/c1-3-16(14-9-13(17)7-6-11(14)2)20(18,19)10-12-5-4-8-15-12/h6-7,9,12,15,17H,3-5,8,10H2,1-2H3. The van der Waals surface area contributed by atoms with E-state index in [-0.39, 0.29) is 17.5 Å². The molecule has 0 amide bonds. The molecular formula is C14H22N2O3S. The monoisotopic (exact) mass is 298 g/mol. The lowest BCUT2D eigenvalue weighted by Crippen LogP contribution is -2.40. The minimum atomic E-state index is -3.39. The summed E-state index contributed by atoms with van der Waals surface area (Å²) in [7, 11) is -3.39. The van der Waals surface area contributed by atoms with Crippen molar-refractivity contribution in [2.45, 2.75) is 32.7 Å². The van der Waals surface area contributed by atoms with E-state index < -0.39 is 10.0 Å². The predicted molar refractivity (Wildman–Crippen MR) is 80.7 cm³/mol. The fraction of sp³-hybridized carbons (Fsp3) is 0.571. The largest absolute Gasteiger partial charge is 0.508 e. The van der Waals surface area contributed by atoms with Crippen LogP contribution in [0.3, 0.4) is 0 Å². The van der Waals surface area contributed by atoms with E-state index in [1.807, 2.05) is 13.8 Å². The molecule has 112 valence electrons. The third-order valence-electron chi connectivity index (χ3n) is 3.66. The Balaban J connectivity index is 2.28. The Labute approximate surface area is 120 Å². The number of aryl methyl sites for hydroxylation is 1. The van der Waals surface area contributed by atoms with E-state index in [9.17, 15) is 13.5 Å². The maximum atomic E-state index is 12.6. The van der Waals surface area contributed by atoms with E-state index in [0.29, 0.717) is 12.2 Å². The number of phenols is 1. The second-order valence-electron chi connectivity index (χ2n) is 5.21. The van der Waals surface area contributed by atoms with E-state index in [1.54, 1.807) is 12.1 Å². The lowest BCUT2D eigenvalue weighted by Gasteiger charge is -2.26. The molecular weight excluding hydrogens is 276 g/mol. The minimum absolute atomic E-state index is 0.0339. The van der Waals surface area contributed by atoms with Gasteiger partial charge < -0.3 is 10.4 Å². The van der Waals surface area contributed by atoms with Gasteiger partial charge in [-0.2, -0.15) is 0 Å². The molecule has 0 radical (unpaired) electrons. The average molecular weight is 298 g/mol. The molecule has 2 N–H and O–H groups in total. The van der Waals surface area contributed by atoms with Crippen molar-refractivity contribution in [2.24, 2.45) is 0 Å². The van der Waals surface area contributed by atoms with Gasteiger partial charge in [-0.05, 0) is 44.9 Å². The Morgan fingerprint density at radius 1 is 1.45 bits per heavy atom. The Hall–Kier alpha value is -1.27. The molecule has 2 rings (SSSR count). The molecule has 0 aromatic heterocycles. The number of phenolic OH excluding ortho intramolecular Hbond substituents is 1. The van der Waals surface area contributed by atoms with E-state index in [0.717, 1.165) is 24.9 Å². The summed E-state index contributed by atoms with van der Waals surface area (Å²) in [5.74, 6) is 0.189. The molecule has 1 saturated heterocycles. The summed E-state index contributed by atoms with van der Waals surface area (Å²) in [6, 6.07) is 4.85. The lowest BCUT2D eigenvalue weighted by atomic mass is 10.2. The quantitative estimate of drug-likeness (QED) is 0.866. The van der Waals surface area contributed by atoms with Gasteiger partial charge in [0, 0.05) is 18.7 Å². The summed E-state index contributed by atoms with van der Waals surface area (Å²) in [5.41, 5.74) is 1.40. The molecule has 0 saturated carbocycles. The van der Waals surface area contributed by atoms with Crippen LogP contribution >= 0.6 is 0 Å². The highest BCUT2D eigenvalue weighted by Crippen LogP contribution is 2.27. The maximum absolute atomic E-state index is 12.6. The number of benzene rings is 1. The molecule has 1 aliphatic heterocycles.